The number of aromatic nitrogens is 2. The Bertz CT molecular complexity index is 740. The van der Waals surface area contributed by atoms with Crippen molar-refractivity contribution in [1.29, 1.82) is 0 Å². The lowest BCUT2D eigenvalue weighted by molar-refractivity contribution is -0.630. The quantitative estimate of drug-likeness (QED) is 0.411. The van der Waals surface area contributed by atoms with Gasteiger partial charge >= 0.3 is 5.16 Å². The van der Waals surface area contributed by atoms with E-state index in [0.717, 1.165) is 16.5 Å². The lowest BCUT2D eigenvalue weighted by Gasteiger charge is -2.09. The maximum Gasteiger partial charge on any atom is 0.364 e. The summed E-state index contributed by atoms with van der Waals surface area (Å²) in [5.74, 6) is 0. The van der Waals surface area contributed by atoms with Crippen LogP contribution in [-0.2, 0) is 0 Å². The SMILES string of the molecule is CSc1nc(C)cc(-c2ccccc2)[n+]1-c1ccccc1. The summed E-state index contributed by atoms with van der Waals surface area (Å²) in [7, 11) is 0. The highest BCUT2D eigenvalue weighted by atomic mass is 32.2. The lowest BCUT2D eigenvalue weighted by Crippen LogP contribution is -2.37. The lowest BCUT2D eigenvalue weighted by atomic mass is 10.1. The van der Waals surface area contributed by atoms with Gasteiger partial charge in [0.1, 0.15) is 11.4 Å². The Morgan fingerprint density at radius 1 is 0.905 bits per heavy atom. The van der Waals surface area contributed by atoms with E-state index < -0.39 is 0 Å². The number of rotatable bonds is 3. The minimum Gasteiger partial charge on any atom is -0.183 e. The van der Waals surface area contributed by atoms with Gasteiger partial charge in [0.25, 0.3) is 0 Å². The summed E-state index contributed by atoms with van der Waals surface area (Å²) in [5.41, 5.74) is 4.53. The fraction of sp³-hybridized carbons (Fsp3) is 0.111. The maximum absolute atomic E-state index is 4.68. The molecule has 0 spiro atoms. The summed E-state index contributed by atoms with van der Waals surface area (Å²) in [4.78, 5) is 4.68. The zero-order chi connectivity index (χ0) is 14.7. The van der Waals surface area contributed by atoms with Gasteiger partial charge in [0.05, 0.1) is 0 Å². The van der Waals surface area contributed by atoms with Crippen LogP contribution in [0.3, 0.4) is 0 Å². The van der Waals surface area contributed by atoms with E-state index in [2.05, 4.69) is 70.4 Å². The van der Waals surface area contributed by atoms with Gasteiger partial charge in [-0.2, -0.15) is 4.57 Å². The second kappa shape index (κ2) is 6.10. The smallest absolute Gasteiger partial charge is 0.183 e. The molecule has 0 N–H and O–H groups in total. The number of para-hydroxylation sites is 1. The van der Waals surface area contributed by atoms with Gasteiger partial charge in [-0.1, -0.05) is 48.5 Å². The first-order valence-electron chi connectivity index (χ1n) is 6.88. The van der Waals surface area contributed by atoms with Crippen molar-refractivity contribution in [3.05, 3.63) is 72.4 Å². The van der Waals surface area contributed by atoms with Crippen LogP contribution in [0.25, 0.3) is 16.9 Å². The molecule has 0 radical (unpaired) electrons. The van der Waals surface area contributed by atoms with Crippen molar-refractivity contribution in [2.45, 2.75) is 12.1 Å². The molecule has 0 aliphatic carbocycles. The average Bonchev–Trinajstić information content (AvgIpc) is 2.55. The summed E-state index contributed by atoms with van der Waals surface area (Å²) in [6.07, 6.45) is 2.07. The van der Waals surface area contributed by atoms with Crippen LogP contribution < -0.4 is 4.57 Å². The molecule has 0 saturated heterocycles. The highest BCUT2D eigenvalue weighted by Crippen LogP contribution is 2.21. The van der Waals surface area contributed by atoms with Gasteiger partial charge in [-0.25, -0.2) is 0 Å². The van der Waals surface area contributed by atoms with Crippen molar-refractivity contribution < 1.29 is 4.57 Å². The third-order valence-corrected chi connectivity index (χ3v) is 3.96. The molecule has 0 amide bonds. The molecule has 2 nitrogen and oxygen atoms in total. The molecule has 21 heavy (non-hydrogen) atoms. The van der Waals surface area contributed by atoms with E-state index in [1.54, 1.807) is 11.8 Å². The third-order valence-electron chi connectivity index (χ3n) is 3.32. The van der Waals surface area contributed by atoms with Gasteiger partial charge in [-0.3, -0.25) is 0 Å². The van der Waals surface area contributed by atoms with Gasteiger partial charge in [0.2, 0.25) is 0 Å². The number of hydrogen-bond acceptors (Lipinski definition) is 2. The van der Waals surface area contributed by atoms with E-state index in [0.29, 0.717) is 0 Å². The molecule has 2 aromatic carbocycles. The van der Waals surface area contributed by atoms with E-state index in [1.807, 2.05) is 19.1 Å². The Kier molecular flexibility index (Phi) is 4.02. The van der Waals surface area contributed by atoms with Crippen LogP contribution in [0.5, 0.6) is 0 Å². The van der Waals surface area contributed by atoms with E-state index in [-0.39, 0.29) is 0 Å². The average molecular weight is 293 g/mol. The molecule has 1 aromatic heterocycles. The standard InChI is InChI=1S/C18H17N2S/c1-14-13-17(15-9-5-3-6-10-15)20(18(19-14)21-2)16-11-7-4-8-12-16/h3-13H,1-2H3/q+1. The predicted octanol–water partition coefficient (Wildman–Crippen LogP) is 4.06. The van der Waals surface area contributed by atoms with Crippen LogP contribution in [0.4, 0.5) is 0 Å². The van der Waals surface area contributed by atoms with Crippen molar-refractivity contribution >= 4 is 11.8 Å². The molecular formula is C18H17N2S+. The first-order chi connectivity index (χ1) is 10.3. The monoisotopic (exact) mass is 293 g/mol. The Morgan fingerprint density at radius 3 is 2.14 bits per heavy atom. The van der Waals surface area contributed by atoms with E-state index >= 15 is 0 Å². The molecule has 0 unspecified atom stereocenters. The molecule has 0 aliphatic heterocycles. The van der Waals surface area contributed by atoms with E-state index in [4.69, 9.17) is 0 Å². The van der Waals surface area contributed by atoms with Crippen molar-refractivity contribution in [1.82, 2.24) is 4.98 Å². The molecular weight excluding hydrogens is 276 g/mol. The highest BCUT2D eigenvalue weighted by molar-refractivity contribution is 7.98. The van der Waals surface area contributed by atoms with Crippen LogP contribution in [0, 0.1) is 6.92 Å². The second-order valence-electron chi connectivity index (χ2n) is 4.81. The number of aryl methyl sites for hydroxylation is 1. The van der Waals surface area contributed by atoms with Crippen molar-refractivity contribution in [2.24, 2.45) is 0 Å². The van der Waals surface area contributed by atoms with Crippen LogP contribution in [0.2, 0.25) is 0 Å². The number of thioether (sulfide) groups is 1. The minimum absolute atomic E-state index is 1.00. The van der Waals surface area contributed by atoms with Crippen molar-refractivity contribution in [3.63, 3.8) is 0 Å². The minimum atomic E-state index is 1.00. The maximum atomic E-state index is 4.68. The molecule has 3 heteroatoms. The molecule has 3 aromatic rings. The normalized spacial score (nSPS) is 10.6. The van der Waals surface area contributed by atoms with Crippen LogP contribution >= 0.6 is 11.8 Å². The van der Waals surface area contributed by atoms with E-state index in [1.165, 1.54) is 11.3 Å². The van der Waals surface area contributed by atoms with Gasteiger partial charge in [-0.15, -0.1) is 0 Å². The largest absolute Gasteiger partial charge is 0.364 e. The van der Waals surface area contributed by atoms with Crippen LogP contribution in [-0.4, -0.2) is 11.2 Å². The molecule has 0 saturated carbocycles. The predicted molar refractivity (Wildman–Crippen MR) is 87.7 cm³/mol. The first kappa shape index (κ1) is 13.8. The molecule has 0 atom stereocenters. The van der Waals surface area contributed by atoms with Gasteiger partial charge in [-0.05, 0) is 35.1 Å². The van der Waals surface area contributed by atoms with Crippen LogP contribution in [0.1, 0.15) is 5.69 Å². The summed E-state index contributed by atoms with van der Waals surface area (Å²) < 4.78 is 2.22. The summed E-state index contributed by atoms with van der Waals surface area (Å²) >= 11 is 1.67. The zero-order valence-corrected chi connectivity index (χ0v) is 13.0. The Labute approximate surface area is 129 Å². The van der Waals surface area contributed by atoms with Gasteiger partial charge < -0.3 is 0 Å². The van der Waals surface area contributed by atoms with Gasteiger partial charge in [0.15, 0.2) is 5.69 Å². The number of nitrogens with zero attached hydrogens (tertiary/aromatic N) is 2. The molecule has 1 heterocycles. The second-order valence-corrected chi connectivity index (χ2v) is 5.58. The van der Waals surface area contributed by atoms with E-state index in [9.17, 15) is 0 Å². The Balaban J connectivity index is 2.31. The fourth-order valence-corrected chi connectivity index (χ4v) is 3.01. The molecule has 0 bridgehead atoms. The topological polar surface area (TPSA) is 16.8 Å². The highest BCUT2D eigenvalue weighted by Gasteiger charge is 2.21. The molecule has 0 aliphatic rings. The number of benzene rings is 2. The number of hydrogen-bond donors (Lipinski definition) is 0. The molecule has 0 fully saturated rings. The summed E-state index contributed by atoms with van der Waals surface area (Å²) in [5, 5.41) is 1.00. The van der Waals surface area contributed by atoms with Crippen LogP contribution in [0.15, 0.2) is 71.9 Å². The summed E-state index contributed by atoms with van der Waals surface area (Å²) in [6.45, 7) is 2.04. The van der Waals surface area contributed by atoms with Gasteiger partial charge in [0, 0.05) is 18.6 Å². The van der Waals surface area contributed by atoms with Crippen molar-refractivity contribution in [2.75, 3.05) is 6.26 Å². The Morgan fingerprint density at radius 2 is 1.52 bits per heavy atom. The molecule has 3 rings (SSSR count). The first-order valence-corrected chi connectivity index (χ1v) is 8.10. The fourth-order valence-electron chi connectivity index (χ4n) is 2.38. The van der Waals surface area contributed by atoms with Crippen molar-refractivity contribution in [3.8, 4) is 16.9 Å². The Hall–Kier alpha value is -2.13. The molecule has 104 valence electrons. The third kappa shape index (κ3) is 2.83. The summed E-state index contributed by atoms with van der Waals surface area (Å²) in [6, 6.07) is 23.0. The zero-order valence-electron chi connectivity index (χ0n) is 12.2.